The van der Waals surface area contributed by atoms with Crippen molar-refractivity contribution in [1.82, 2.24) is 14.9 Å². The van der Waals surface area contributed by atoms with Crippen LogP contribution in [0.3, 0.4) is 0 Å². The molecule has 114 valence electrons. The van der Waals surface area contributed by atoms with Gasteiger partial charge in [0.05, 0.1) is 31.4 Å². The molecule has 0 amide bonds. The normalized spacial score (nSPS) is 12.4. The molecule has 2 rings (SSSR count). The van der Waals surface area contributed by atoms with E-state index >= 15 is 0 Å². The molecule has 0 aliphatic rings. The molecule has 2 aromatic rings. The molecule has 0 aliphatic heterocycles. The lowest BCUT2D eigenvalue weighted by molar-refractivity contribution is 0.401. The quantitative estimate of drug-likeness (QED) is 0.887. The maximum absolute atomic E-state index is 5.64. The van der Waals surface area contributed by atoms with Crippen LogP contribution in [0.5, 0.6) is 5.75 Å². The van der Waals surface area contributed by atoms with Crippen molar-refractivity contribution < 1.29 is 4.74 Å². The summed E-state index contributed by atoms with van der Waals surface area (Å²) in [5, 5.41) is 3.62. The standard InChI is InChI=1S/C17H25N3O/c1-6-7-19-17(14-10-18-11-20(14)4)16-13(3)8-12(2)9-15(16)21-5/h8-11,17,19H,6-7H2,1-5H3. The zero-order valence-corrected chi connectivity index (χ0v) is 13.6. The van der Waals surface area contributed by atoms with Crippen molar-refractivity contribution in [3.05, 3.63) is 47.0 Å². The topological polar surface area (TPSA) is 39.1 Å². The van der Waals surface area contributed by atoms with E-state index in [0.717, 1.165) is 24.4 Å². The summed E-state index contributed by atoms with van der Waals surface area (Å²) in [5.74, 6) is 0.933. The fraction of sp³-hybridized carbons (Fsp3) is 0.471. The number of aryl methyl sites for hydroxylation is 3. The van der Waals surface area contributed by atoms with Gasteiger partial charge in [-0.05, 0) is 44.0 Å². The smallest absolute Gasteiger partial charge is 0.124 e. The summed E-state index contributed by atoms with van der Waals surface area (Å²) >= 11 is 0. The number of nitrogens with one attached hydrogen (secondary N) is 1. The molecule has 0 aliphatic carbocycles. The van der Waals surface area contributed by atoms with E-state index in [1.807, 2.05) is 19.6 Å². The van der Waals surface area contributed by atoms with Crippen molar-refractivity contribution in [2.75, 3.05) is 13.7 Å². The number of hydrogen-bond acceptors (Lipinski definition) is 3. The van der Waals surface area contributed by atoms with Gasteiger partial charge in [0.25, 0.3) is 0 Å². The fourth-order valence-corrected chi connectivity index (χ4v) is 2.77. The van der Waals surface area contributed by atoms with E-state index in [1.165, 1.54) is 16.7 Å². The first-order chi connectivity index (χ1) is 10.1. The van der Waals surface area contributed by atoms with Crippen LogP contribution in [-0.2, 0) is 7.05 Å². The van der Waals surface area contributed by atoms with Crippen LogP contribution in [-0.4, -0.2) is 23.2 Å². The van der Waals surface area contributed by atoms with Crippen LogP contribution in [0.2, 0.25) is 0 Å². The summed E-state index contributed by atoms with van der Waals surface area (Å²) in [6.07, 6.45) is 4.85. The number of methoxy groups -OCH3 is 1. The Hall–Kier alpha value is -1.81. The van der Waals surface area contributed by atoms with Crippen LogP contribution >= 0.6 is 0 Å². The van der Waals surface area contributed by atoms with E-state index in [1.54, 1.807) is 7.11 Å². The molecule has 4 heteroatoms. The first-order valence-corrected chi connectivity index (χ1v) is 7.43. The molecule has 1 atom stereocenters. The predicted molar refractivity (Wildman–Crippen MR) is 85.8 cm³/mol. The number of hydrogen-bond donors (Lipinski definition) is 1. The van der Waals surface area contributed by atoms with Crippen molar-refractivity contribution in [2.45, 2.75) is 33.2 Å². The molecule has 0 saturated heterocycles. The van der Waals surface area contributed by atoms with E-state index in [4.69, 9.17) is 4.74 Å². The molecule has 0 radical (unpaired) electrons. The van der Waals surface area contributed by atoms with Crippen molar-refractivity contribution in [3.63, 3.8) is 0 Å². The predicted octanol–water partition coefficient (Wildman–Crippen LogP) is 3.13. The molecule has 1 N–H and O–H groups in total. The van der Waals surface area contributed by atoms with Gasteiger partial charge in [-0.2, -0.15) is 0 Å². The summed E-state index contributed by atoms with van der Waals surface area (Å²) in [5.41, 5.74) is 4.79. The molecule has 21 heavy (non-hydrogen) atoms. The fourth-order valence-electron chi connectivity index (χ4n) is 2.77. The zero-order valence-electron chi connectivity index (χ0n) is 13.6. The van der Waals surface area contributed by atoms with E-state index in [0.29, 0.717) is 0 Å². The largest absolute Gasteiger partial charge is 0.496 e. The van der Waals surface area contributed by atoms with Crippen molar-refractivity contribution in [2.24, 2.45) is 7.05 Å². The highest BCUT2D eigenvalue weighted by Gasteiger charge is 2.22. The average Bonchev–Trinajstić information content (AvgIpc) is 2.86. The van der Waals surface area contributed by atoms with Crippen LogP contribution in [0.25, 0.3) is 0 Å². The van der Waals surface area contributed by atoms with Crippen LogP contribution in [0, 0.1) is 13.8 Å². The van der Waals surface area contributed by atoms with Gasteiger partial charge in [-0.15, -0.1) is 0 Å². The number of rotatable bonds is 6. The second kappa shape index (κ2) is 6.76. The third kappa shape index (κ3) is 3.27. The Bertz CT molecular complexity index is 604. The first-order valence-electron chi connectivity index (χ1n) is 7.43. The Morgan fingerprint density at radius 1 is 1.33 bits per heavy atom. The van der Waals surface area contributed by atoms with Gasteiger partial charge in [0.1, 0.15) is 5.75 Å². The lowest BCUT2D eigenvalue weighted by Crippen LogP contribution is -2.26. The third-order valence-electron chi connectivity index (χ3n) is 3.75. The highest BCUT2D eigenvalue weighted by Crippen LogP contribution is 2.33. The Balaban J connectivity index is 2.54. The molecule has 4 nitrogen and oxygen atoms in total. The highest BCUT2D eigenvalue weighted by molar-refractivity contribution is 5.47. The molecular formula is C17H25N3O. The monoisotopic (exact) mass is 287 g/mol. The number of benzene rings is 1. The van der Waals surface area contributed by atoms with Crippen molar-refractivity contribution in [3.8, 4) is 5.75 Å². The van der Waals surface area contributed by atoms with Gasteiger partial charge in [-0.1, -0.05) is 13.0 Å². The van der Waals surface area contributed by atoms with Gasteiger partial charge < -0.3 is 14.6 Å². The molecule has 1 heterocycles. The summed E-state index contributed by atoms with van der Waals surface area (Å²) in [6, 6.07) is 4.39. The van der Waals surface area contributed by atoms with E-state index in [2.05, 4.69) is 47.8 Å². The number of imidazole rings is 1. The molecule has 0 fully saturated rings. The molecule has 0 saturated carbocycles. The second-order valence-electron chi connectivity index (χ2n) is 5.51. The maximum atomic E-state index is 5.64. The number of aromatic nitrogens is 2. The summed E-state index contributed by atoms with van der Waals surface area (Å²) in [4.78, 5) is 4.26. The minimum atomic E-state index is 0.0907. The number of ether oxygens (including phenoxy) is 1. The van der Waals surface area contributed by atoms with Gasteiger partial charge in [0, 0.05) is 12.6 Å². The molecule has 1 unspecified atom stereocenters. The lowest BCUT2D eigenvalue weighted by Gasteiger charge is -2.24. The summed E-state index contributed by atoms with van der Waals surface area (Å²) in [7, 11) is 3.76. The van der Waals surface area contributed by atoms with Crippen molar-refractivity contribution in [1.29, 1.82) is 0 Å². The second-order valence-corrected chi connectivity index (χ2v) is 5.51. The van der Waals surface area contributed by atoms with Gasteiger partial charge in [0.2, 0.25) is 0 Å². The summed E-state index contributed by atoms with van der Waals surface area (Å²) in [6.45, 7) is 7.36. The zero-order chi connectivity index (χ0) is 15.4. The molecule has 1 aromatic heterocycles. The molecular weight excluding hydrogens is 262 g/mol. The Morgan fingerprint density at radius 2 is 2.10 bits per heavy atom. The molecule has 0 spiro atoms. The van der Waals surface area contributed by atoms with Crippen LogP contribution in [0.1, 0.15) is 41.8 Å². The Morgan fingerprint density at radius 3 is 2.67 bits per heavy atom. The number of nitrogens with zero attached hydrogens (tertiary/aromatic N) is 2. The maximum Gasteiger partial charge on any atom is 0.124 e. The van der Waals surface area contributed by atoms with E-state index in [-0.39, 0.29) is 6.04 Å². The van der Waals surface area contributed by atoms with Crippen LogP contribution < -0.4 is 10.1 Å². The van der Waals surface area contributed by atoms with Gasteiger partial charge in [0.15, 0.2) is 0 Å². The van der Waals surface area contributed by atoms with Gasteiger partial charge >= 0.3 is 0 Å². The van der Waals surface area contributed by atoms with Crippen molar-refractivity contribution >= 4 is 0 Å². The van der Waals surface area contributed by atoms with Crippen LogP contribution in [0.15, 0.2) is 24.7 Å². The minimum Gasteiger partial charge on any atom is -0.496 e. The average molecular weight is 287 g/mol. The van der Waals surface area contributed by atoms with Gasteiger partial charge in [-0.3, -0.25) is 0 Å². The minimum absolute atomic E-state index is 0.0907. The van der Waals surface area contributed by atoms with E-state index < -0.39 is 0 Å². The van der Waals surface area contributed by atoms with Gasteiger partial charge in [-0.25, -0.2) is 4.98 Å². The lowest BCUT2D eigenvalue weighted by atomic mass is 9.95. The Labute approximate surface area is 127 Å². The SMILES string of the molecule is CCCNC(c1c(C)cc(C)cc1OC)c1cncn1C. The third-order valence-corrected chi connectivity index (χ3v) is 3.75. The Kier molecular flexibility index (Phi) is 5.02. The summed E-state index contributed by atoms with van der Waals surface area (Å²) < 4.78 is 7.70. The molecule has 0 bridgehead atoms. The highest BCUT2D eigenvalue weighted by atomic mass is 16.5. The van der Waals surface area contributed by atoms with E-state index in [9.17, 15) is 0 Å². The molecule has 1 aromatic carbocycles. The first kappa shape index (κ1) is 15.6. The van der Waals surface area contributed by atoms with Crippen LogP contribution in [0.4, 0.5) is 0 Å².